The van der Waals surface area contributed by atoms with Gasteiger partial charge in [0.15, 0.2) is 0 Å². The molecule has 2 N–H and O–H groups in total. The summed E-state index contributed by atoms with van der Waals surface area (Å²) in [6, 6.07) is 10.5. The molecule has 2 aliphatic heterocycles. The lowest BCUT2D eigenvalue weighted by Gasteiger charge is -2.37. The standard InChI is InChI=1S/C19H26N2O2.ClH/c22-18(19(23)9-5-2-6-10-19)21-13-15-11-20-12-16(15)17(21)14-7-3-1-4-8-14;/h1,3-4,7-8,15-17,20,23H,2,5-6,9-13H2;1H/t15-,16-,17+;/m0./s1. The molecule has 0 bridgehead atoms. The molecule has 3 atom stereocenters. The van der Waals surface area contributed by atoms with Gasteiger partial charge in [-0.05, 0) is 24.3 Å². The van der Waals surface area contributed by atoms with E-state index in [2.05, 4.69) is 17.4 Å². The van der Waals surface area contributed by atoms with Gasteiger partial charge in [-0.25, -0.2) is 0 Å². The molecule has 3 fully saturated rings. The van der Waals surface area contributed by atoms with E-state index in [-0.39, 0.29) is 24.4 Å². The molecule has 0 spiro atoms. The van der Waals surface area contributed by atoms with Crippen LogP contribution in [0.2, 0.25) is 0 Å². The first-order valence-corrected chi connectivity index (χ1v) is 8.98. The second-order valence-corrected chi connectivity index (χ2v) is 7.49. The van der Waals surface area contributed by atoms with Crippen LogP contribution in [0, 0.1) is 11.8 Å². The SMILES string of the molecule is Cl.O=C(N1C[C@@H]2CNC[C@@H]2[C@H]1c1ccccc1)C1(O)CCCCC1. The van der Waals surface area contributed by atoms with E-state index in [0.29, 0.717) is 24.7 Å². The Hall–Kier alpha value is -1.10. The number of benzene rings is 1. The minimum Gasteiger partial charge on any atom is -0.380 e. The van der Waals surface area contributed by atoms with Crippen LogP contribution >= 0.6 is 12.4 Å². The number of fused-ring (bicyclic) bond motifs is 1. The number of aliphatic hydroxyl groups is 1. The van der Waals surface area contributed by atoms with Gasteiger partial charge in [-0.1, -0.05) is 49.6 Å². The largest absolute Gasteiger partial charge is 0.380 e. The van der Waals surface area contributed by atoms with Crippen molar-refractivity contribution >= 4 is 18.3 Å². The predicted molar refractivity (Wildman–Crippen MR) is 96.0 cm³/mol. The van der Waals surface area contributed by atoms with Gasteiger partial charge < -0.3 is 15.3 Å². The van der Waals surface area contributed by atoms with E-state index < -0.39 is 5.60 Å². The number of halogens is 1. The van der Waals surface area contributed by atoms with Gasteiger partial charge in [0.2, 0.25) is 0 Å². The molecule has 4 rings (SSSR count). The Morgan fingerprint density at radius 3 is 2.54 bits per heavy atom. The number of hydrogen-bond donors (Lipinski definition) is 2. The van der Waals surface area contributed by atoms with Crippen LogP contribution in [0.4, 0.5) is 0 Å². The quantitative estimate of drug-likeness (QED) is 0.861. The highest BCUT2D eigenvalue weighted by atomic mass is 35.5. The molecule has 1 saturated carbocycles. The first kappa shape index (κ1) is 17.7. The summed E-state index contributed by atoms with van der Waals surface area (Å²) in [6.45, 7) is 2.72. The summed E-state index contributed by atoms with van der Waals surface area (Å²) in [5.74, 6) is 0.949. The maximum Gasteiger partial charge on any atom is 0.255 e. The highest BCUT2D eigenvalue weighted by Gasteiger charge is 2.51. The van der Waals surface area contributed by atoms with Crippen molar-refractivity contribution in [1.82, 2.24) is 10.2 Å². The second kappa shape index (κ2) is 7.03. The number of nitrogens with one attached hydrogen (secondary N) is 1. The first-order chi connectivity index (χ1) is 11.2. The zero-order chi connectivity index (χ0) is 15.9. The van der Waals surface area contributed by atoms with Crippen molar-refractivity contribution in [3.05, 3.63) is 35.9 Å². The molecule has 3 aliphatic rings. The molecule has 2 saturated heterocycles. The molecule has 4 nitrogen and oxygen atoms in total. The third kappa shape index (κ3) is 2.96. The van der Waals surface area contributed by atoms with Crippen LogP contribution in [0.25, 0.3) is 0 Å². The molecule has 1 aromatic rings. The lowest BCUT2D eigenvalue weighted by Crippen LogP contribution is -2.50. The molecule has 1 aliphatic carbocycles. The molecule has 0 unspecified atom stereocenters. The topological polar surface area (TPSA) is 52.6 Å². The maximum absolute atomic E-state index is 13.2. The third-order valence-electron chi connectivity index (χ3n) is 6.05. The number of carbonyl (C=O) groups is 1. The molecular formula is C19H27ClN2O2. The van der Waals surface area contributed by atoms with E-state index in [1.54, 1.807) is 0 Å². The highest BCUT2D eigenvalue weighted by Crippen LogP contribution is 2.44. The van der Waals surface area contributed by atoms with Crippen molar-refractivity contribution in [2.75, 3.05) is 19.6 Å². The Balaban J connectivity index is 0.00000169. The fourth-order valence-electron chi connectivity index (χ4n) is 4.82. The molecular weight excluding hydrogens is 324 g/mol. The average molecular weight is 351 g/mol. The van der Waals surface area contributed by atoms with Crippen molar-refractivity contribution in [3.63, 3.8) is 0 Å². The molecule has 132 valence electrons. The Morgan fingerprint density at radius 2 is 1.83 bits per heavy atom. The number of carbonyl (C=O) groups excluding carboxylic acids is 1. The van der Waals surface area contributed by atoms with E-state index in [1.807, 2.05) is 23.1 Å². The summed E-state index contributed by atoms with van der Waals surface area (Å²) < 4.78 is 0. The molecule has 0 aromatic heterocycles. The molecule has 0 radical (unpaired) electrons. The maximum atomic E-state index is 13.2. The minimum atomic E-state index is -1.13. The van der Waals surface area contributed by atoms with Crippen molar-refractivity contribution in [3.8, 4) is 0 Å². The monoisotopic (exact) mass is 350 g/mol. The Kier molecular flexibility index (Phi) is 5.19. The average Bonchev–Trinajstić information content (AvgIpc) is 3.16. The number of amides is 1. The number of likely N-dealkylation sites (tertiary alicyclic amines) is 1. The second-order valence-electron chi connectivity index (χ2n) is 7.49. The molecule has 1 amide bonds. The lowest BCUT2D eigenvalue weighted by molar-refractivity contribution is -0.156. The van der Waals surface area contributed by atoms with E-state index in [9.17, 15) is 9.90 Å². The molecule has 1 aromatic carbocycles. The van der Waals surface area contributed by atoms with Crippen molar-refractivity contribution in [2.45, 2.75) is 43.7 Å². The normalized spacial score (nSPS) is 31.4. The van der Waals surface area contributed by atoms with Gasteiger partial charge in [-0.2, -0.15) is 0 Å². The van der Waals surface area contributed by atoms with Crippen LogP contribution in [-0.2, 0) is 4.79 Å². The zero-order valence-corrected chi connectivity index (χ0v) is 14.8. The fraction of sp³-hybridized carbons (Fsp3) is 0.632. The summed E-state index contributed by atoms with van der Waals surface area (Å²) in [4.78, 5) is 15.2. The van der Waals surface area contributed by atoms with Gasteiger partial charge in [-0.15, -0.1) is 12.4 Å². The molecule has 2 heterocycles. The van der Waals surface area contributed by atoms with Crippen LogP contribution in [0.1, 0.15) is 43.7 Å². The summed E-state index contributed by atoms with van der Waals surface area (Å²) in [5.41, 5.74) is 0.0774. The summed E-state index contributed by atoms with van der Waals surface area (Å²) in [7, 11) is 0. The van der Waals surface area contributed by atoms with Gasteiger partial charge in [0, 0.05) is 25.6 Å². The summed E-state index contributed by atoms with van der Waals surface area (Å²) in [6.07, 6.45) is 4.29. The van der Waals surface area contributed by atoms with E-state index in [1.165, 1.54) is 5.56 Å². The summed E-state index contributed by atoms with van der Waals surface area (Å²) >= 11 is 0. The van der Waals surface area contributed by atoms with Crippen LogP contribution < -0.4 is 5.32 Å². The Labute approximate surface area is 150 Å². The van der Waals surface area contributed by atoms with Gasteiger partial charge in [0.05, 0.1) is 6.04 Å². The molecule has 5 heteroatoms. The minimum absolute atomic E-state index is 0. The Morgan fingerprint density at radius 1 is 1.12 bits per heavy atom. The number of hydrogen-bond acceptors (Lipinski definition) is 3. The van der Waals surface area contributed by atoms with E-state index in [4.69, 9.17) is 0 Å². The number of rotatable bonds is 2. The van der Waals surface area contributed by atoms with E-state index >= 15 is 0 Å². The molecule has 24 heavy (non-hydrogen) atoms. The first-order valence-electron chi connectivity index (χ1n) is 8.98. The Bertz CT molecular complexity index is 574. The van der Waals surface area contributed by atoms with Gasteiger partial charge in [0.25, 0.3) is 5.91 Å². The van der Waals surface area contributed by atoms with Crippen LogP contribution in [0.15, 0.2) is 30.3 Å². The van der Waals surface area contributed by atoms with Crippen LogP contribution in [0.5, 0.6) is 0 Å². The van der Waals surface area contributed by atoms with Gasteiger partial charge >= 0.3 is 0 Å². The van der Waals surface area contributed by atoms with Crippen LogP contribution in [0.3, 0.4) is 0 Å². The van der Waals surface area contributed by atoms with Crippen LogP contribution in [-0.4, -0.2) is 41.1 Å². The van der Waals surface area contributed by atoms with Crippen molar-refractivity contribution < 1.29 is 9.90 Å². The fourth-order valence-corrected chi connectivity index (χ4v) is 4.82. The predicted octanol–water partition coefficient (Wildman–Crippen LogP) is 2.52. The van der Waals surface area contributed by atoms with Gasteiger partial charge in [0.1, 0.15) is 5.60 Å². The lowest BCUT2D eigenvalue weighted by atomic mass is 9.83. The van der Waals surface area contributed by atoms with Gasteiger partial charge in [-0.3, -0.25) is 4.79 Å². The third-order valence-corrected chi connectivity index (χ3v) is 6.05. The smallest absolute Gasteiger partial charge is 0.255 e. The zero-order valence-electron chi connectivity index (χ0n) is 14.0. The summed E-state index contributed by atoms with van der Waals surface area (Å²) in [5, 5.41) is 14.4. The van der Waals surface area contributed by atoms with Crippen molar-refractivity contribution in [1.29, 1.82) is 0 Å². The van der Waals surface area contributed by atoms with E-state index in [0.717, 1.165) is 38.9 Å². The number of nitrogens with zero attached hydrogens (tertiary/aromatic N) is 1. The van der Waals surface area contributed by atoms with Crippen molar-refractivity contribution in [2.24, 2.45) is 11.8 Å². The highest BCUT2D eigenvalue weighted by molar-refractivity contribution is 5.86.